The second-order valence-electron chi connectivity index (χ2n) is 6.13. The second-order valence-corrected chi connectivity index (χ2v) is 6.13. The third kappa shape index (κ3) is 1.96. The zero-order chi connectivity index (χ0) is 15.4. The molecule has 1 fully saturated rings. The maximum atomic E-state index is 12.1. The Bertz CT molecular complexity index is 751. The van der Waals surface area contributed by atoms with Crippen LogP contribution in [0.1, 0.15) is 20.8 Å². The smallest absolute Gasteiger partial charge is 0.398 e. The van der Waals surface area contributed by atoms with Gasteiger partial charge in [-0.05, 0) is 33.9 Å². The van der Waals surface area contributed by atoms with Gasteiger partial charge in [0.05, 0.1) is 5.60 Å². The van der Waals surface area contributed by atoms with Gasteiger partial charge in [0, 0.05) is 30.3 Å². The van der Waals surface area contributed by atoms with Gasteiger partial charge in [0.1, 0.15) is 11.2 Å². The average Bonchev–Trinajstić information content (AvgIpc) is 2.98. The van der Waals surface area contributed by atoms with E-state index in [4.69, 9.17) is 9.31 Å². The second kappa shape index (κ2) is 4.46. The molecule has 112 valence electrons. The third-order valence-electron chi connectivity index (χ3n) is 4.55. The van der Waals surface area contributed by atoms with Gasteiger partial charge in [0.2, 0.25) is 0 Å². The van der Waals surface area contributed by atoms with Crippen LogP contribution in [0.15, 0.2) is 23.3 Å². The van der Waals surface area contributed by atoms with Crippen molar-refractivity contribution in [3.8, 4) is 0 Å². The maximum Gasteiger partial charge on any atom is 0.498 e. The van der Waals surface area contributed by atoms with Crippen molar-refractivity contribution in [3.63, 3.8) is 0 Å². The van der Waals surface area contributed by atoms with Crippen LogP contribution in [0, 0.1) is 0 Å². The summed E-state index contributed by atoms with van der Waals surface area (Å²) in [5, 5.41) is 4.01. The van der Waals surface area contributed by atoms with Crippen molar-refractivity contribution in [2.24, 2.45) is 7.05 Å². The van der Waals surface area contributed by atoms with Gasteiger partial charge in [-0.3, -0.25) is 10.1 Å². The molecule has 0 spiro atoms. The van der Waals surface area contributed by atoms with Crippen molar-refractivity contribution in [1.82, 2.24) is 14.9 Å². The average molecular weight is 289 g/mol. The molecule has 6 nitrogen and oxygen atoms in total. The van der Waals surface area contributed by atoms with Crippen LogP contribution in [0.5, 0.6) is 0 Å². The van der Waals surface area contributed by atoms with E-state index < -0.39 is 18.4 Å². The first-order valence-corrected chi connectivity index (χ1v) is 7.00. The highest BCUT2D eigenvalue weighted by Crippen LogP contribution is 2.35. The van der Waals surface area contributed by atoms with Gasteiger partial charge in [0.25, 0.3) is 5.56 Å². The zero-order valence-corrected chi connectivity index (χ0v) is 13.0. The Morgan fingerprint density at radius 1 is 1.33 bits per heavy atom. The normalized spacial score (nSPS) is 24.9. The highest BCUT2D eigenvalue weighted by atomic mass is 16.7. The molecule has 1 unspecified atom stereocenters. The number of nitrogens with one attached hydrogen (secondary N) is 2. The number of pyridine rings is 1. The first kappa shape index (κ1) is 14.4. The van der Waals surface area contributed by atoms with Crippen LogP contribution in [0.4, 0.5) is 0 Å². The van der Waals surface area contributed by atoms with E-state index in [0.717, 1.165) is 10.8 Å². The van der Waals surface area contributed by atoms with Crippen LogP contribution < -0.4 is 16.3 Å². The number of hydrogen-bond acceptors (Lipinski definition) is 4. The molecule has 0 radical (unpaired) electrons. The molecule has 0 saturated carbocycles. The summed E-state index contributed by atoms with van der Waals surface area (Å²) in [4.78, 5) is 15.1. The SMILES string of the molecule is CNC1(C)OB(c2cn(C)c(=O)c3[nH]ccc23)OC1(C)C. The highest BCUT2D eigenvalue weighted by Gasteiger charge is 2.54. The molecule has 1 aliphatic rings. The molecule has 0 bridgehead atoms. The Kier molecular flexibility index (Phi) is 3.06. The number of fused-ring (bicyclic) bond motifs is 1. The fraction of sp³-hybridized carbons (Fsp3) is 0.500. The molecule has 2 aromatic rings. The molecule has 3 rings (SSSR count). The van der Waals surface area contributed by atoms with Gasteiger partial charge in [-0.1, -0.05) is 0 Å². The lowest BCUT2D eigenvalue weighted by Crippen LogP contribution is -2.54. The molecule has 0 amide bonds. The van der Waals surface area contributed by atoms with E-state index in [0.29, 0.717) is 5.52 Å². The van der Waals surface area contributed by atoms with E-state index in [1.54, 1.807) is 24.0 Å². The lowest BCUT2D eigenvalue weighted by molar-refractivity contribution is -0.0301. The number of hydrogen-bond donors (Lipinski definition) is 2. The van der Waals surface area contributed by atoms with E-state index in [1.807, 2.05) is 33.9 Å². The monoisotopic (exact) mass is 289 g/mol. The number of likely N-dealkylation sites (N-methyl/N-ethyl adjacent to an activating group) is 1. The number of aromatic nitrogens is 2. The largest absolute Gasteiger partial charge is 0.498 e. The Hall–Kier alpha value is -1.57. The standard InChI is InChI=1S/C14H20BN3O3/c1-13(2)14(3,16-4)21-15(20-13)10-8-18(5)12(19)11-9(10)6-7-17-11/h6-8,16-17H,1-5H3. The van der Waals surface area contributed by atoms with Gasteiger partial charge in [0.15, 0.2) is 0 Å². The van der Waals surface area contributed by atoms with E-state index >= 15 is 0 Å². The molecule has 0 aliphatic carbocycles. The molecule has 3 heterocycles. The molecule has 0 aromatic carbocycles. The molecular formula is C14H20BN3O3. The molecular weight excluding hydrogens is 269 g/mol. The van der Waals surface area contributed by atoms with Crippen molar-refractivity contribution in [3.05, 3.63) is 28.8 Å². The molecule has 1 aliphatic heterocycles. The van der Waals surface area contributed by atoms with Gasteiger partial charge in [-0.15, -0.1) is 0 Å². The number of aromatic amines is 1. The quantitative estimate of drug-likeness (QED) is 0.781. The van der Waals surface area contributed by atoms with Gasteiger partial charge in [-0.25, -0.2) is 0 Å². The summed E-state index contributed by atoms with van der Waals surface area (Å²) in [6, 6.07) is 1.88. The number of rotatable bonds is 2. The summed E-state index contributed by atoms with van der Waals surface area (Å²) >= 11 is 0. The summed E-state index contributed by atoms with van der Waals surface area (Å²) in [7, 11) is 3.05. The molecule has 1 atom stereocenters. The summed E-state index contributed by atoms with van der Waals surface area (Å²) in [6.07, 6.45) is 3.54. The first-order valence-electron chi connectivity index (χ1n) is 7.00. The molecule has 2 aromatic heterocycles. The van der Waals surface area contributed by atoms with Crippen LogP contribution in [0.3, 0.4) is 0 Å². The van der Waals surface area contributed by atoms with Crippen LogP contribution in [-0.4, -0.2) is 35.0 Å². The lowest BCUT2D eigenvalue weighted by atomic mass is 9.78. The summed E-state index contributed by atoms with van der Waals surface area (Å²) in [5.41, 5.74) is 0.254. The van der Waals surface area contributed by atoms with Crippen molar-refractivity contribution in [2.45, 2.75) is 32.1 Å². The van der Waals surface area contributed by atoms with Crippen molar-refractivity contribution < 1.29 is 9.31 Å². The number of H-pyrrole nitrogens is 1. The Morgan fingerprint density at radius 3 is 2.67 bits per heavy atom. The topological polar surface area (TPSA) is 68.3 Å². The number of nitrogens with zero attached hydrogens (tertiary/aromatic N) is 1. The van der Waals surface area contributed by atoms with Crippen LogP contribution >= 0.6 is 0 Å². The molecule has 2 N–H and O–H groups in total. The highest BCUT2D eigenvalue weighted by molar-refractivity contribution is 6.65. The minimum Gasteiger partial charge on any atom is -0.398 e. The number of aryl methyl sites for hydroxylation is 1. The van der Waals surface area contributed by atoms with Crippen molar-refractivity contribution >= 4 is 23.5 Å². The first-order chi connectivity index (χ1) is 9.79. The predicted molar refractivity (Wildman–Crippen MR) is 82.6 cm³/mol. The summed E-state index contributed by atoms with van der Waals surface area (Å²) < 4.78 is 13.8. The van der Waals surface area contributed by atoms with Gasteiger partial charge < -0.3 is 18.9 Å². The Labute approximate surface area is 123 Å². The van der Waals surface area contributed by atoms with Gasteiger partial charge >= 0.3 is 7.12 Å². The molecule has 7 heteroatoms. The fourth-order valence-electron chi connectivity index (χ4n) is 2.73. The van der Waals surface area contributed by atoms with Gasteiger partial charge in [-0.2, -0.15) is 0 Å². The van der Waals surface area contributed by atoms with Crippen molar-refractivity contribution in [1.29, 1.82) is 0 Å². The minimum atomic E-state index is -0.602. The Balaban J connectivity index is 2.13. The van der Waals surface area contributed by atoms with E-state index in [9.17, 15) is 4.79 Å². The van der Waals surface area contributed by atoms with Crippen LogP contribution in [0.2, 0.25) is 0 Å². The third-order valence-corrected chi connectivity index (χ3v) is 4.55. The molecule has 21 heavy (non-hydrogen) atoms. The summed E-state index contributed by atoms with van der Waals surface area (Å²) in [6.45, 7) is 5.93. The zero-order valence-electron chi connectivity index (χ0n) is 13.0. The van der Waals surface area contributed by atoms with Crippen molar-refractivity contribution in [2.75, 3.05) is 7.05 Å². The molecule has 1 saturated heterocycles. The van der Waals surface area contributed by atoms with Crippen LogP contribution in [-0.2, 0) is 16.4 Å². The maximum absolute atomic E-state index is 12.1. The van der Waals surface area contributed by atoms with E-state index in [-0.39, 0.29) is 5.56 Å². The fourth-order valence-corrected chi connectivity index (χ4v) is 2.73. The Morgan fingerprint density at radius 2 is 2.05 bits per heavy atom. The van der Waals surface area contributed by atoms with E-state index in [2.05, 4.69) is 10.3 Å². The van der Waals surface area contributed by atoms with Crippen LogP contribution in [0.25, 0.3) is 10.9 Å². The summed E-state index contributed by atoms with van der Waals surface area (Å²) in [5.74, 6) is 0. The predicted octanol–water partition coefficient (Wildman–Crippen LogP) is 0.323. The lowest BCUT2D eigenvalue weighted by Gasteiger charge is -2.35. The minimum absolute atomic E-state index is 0.0626. The van der Waals surface area contributed by atoms with E-state index in [1.165, 1.54) is 0 Å².